The third kappa shape index (κ3) is 3.51. The highest BCUT2D eigenvalue weighted by atomic mass is 32.1. The molecular formula is C15H16N2O3S. The highest BCUT2D eigenvalue weighted by Crippen LogP contribution is 2.19. The van der Waals surface area contributed by atoms with Crippen molar-refractivity contribution in [2.24, 2.45) is 0 Å². The summed E-state index contributed by atoms with van der Waals surface area (Å²) in [7, 11) is 1.74. The lowest BCUT2D eigenvalue weighted by atomic mass is 10.2. The van der Waals surface area contributed by atoms with Crippen LogP contribution in [0.15, 0.2) is 16.0 Å². The van der Waals surface area contributed by atoms with E-state index in [0.717, 1.165) is 10.4 Å². The van der Waals surface area contributed by atoms with Crippen LogP contribution in [-0.4, -0.2) is 34.7 Å². The molecule has 0 aliphatic heterocycles. The van der Waals surface area contributed by atoms with Crippen LogP contribution < -0.4 is 0 Å². The van der Waals surface area contributed by atoms with Crippen molar-refractivity contribution in [1.82, 2.24) is 10.1 Å². The van der Waals surface area contributed by atoms with Crippen molar-refractivity contribution in [3.8, 4) is 11.8 Å². The predicted molar refractivity (Wildman–Crippen MR) is 80.1 cm³/mol. The fourth-order valence-electron chi connectivity index (χ4n) is 1.96. The zero-order valence-electron chi connectivity index (χ0n) is 12.1. The summed E-state index contributed by atoms with van der Waals surface area (Å²) in [6, 6.07) is 1.92. The molecular weight excluding hydrogens is 288 g/mol. The van der Waals surface area contributed by atoms with Gasteiger partial charge in [0.2, 0.25) is 0 Å². The smallest absolute Gasteiger partial charge is 0.259 e. The maximum atomic E-state index is 12.4. The van der Waals surface area contributed by atoms with E-state index >= 15 is 0 Å². The van der Waals surface area contributed by atoms with E-state index in [9.17, 15) is 4.79 Å². The number of rotatable bonds is 3. The molecule has 1 amide bonds. The molecule has 2 heterocycles. The second-order valence-corrected chi connectivity index (χ2v) is 5.62. The van der Waals surface area contributed by atoms with Crippen molar-refractivity contribution in [2.45, 2.75) is 20.4 Å². The monoisotopic (exact) mass is 304 g/mol. The van der Waals surface area contributed by atoms with E-state index in [2.05, 4.69) is 17.0 Å². The minimum Gasteiger partial charge on any atom is -0.384 e. The average Bonchev–Trinajstić information content (AvgIpc) is 3.03. The van der Waals surface area contributed by atoms with E-state index < -0.39 is 0 Å². The van der Waals surface area contributed by atoms with Gasteiger partial charge in [0.15, 0.2) is 0 Å². The normalized spacial score (nSPS) is 10.1. The average molecular weight is 304 g/mol. The minimum absolute atomic E-state index is 0.109. The Hall–Kier alpha value is -2.10. The molecule has 0 aromatic carbocycles. The Morgan fingerprint density at radius 1 is 1.52 bits per heavy atom. The van der Waals surface area contributed by atoms with E-state index in [1.165, 1.54) is 11.3 Å². The molecule has 1 N–H and O–H groups in total. The molecule has 0 unspecified atom stereocenters. The largest absolute Gasteiger partial charge is 0.384 e. The SMILES string of the molecule is Cc1noc(C)c1C(=O)N(C)Cc1cc(C#CCO)cs1. The van der Waals surface area contributed by atoms with Crippen LogP contribution in [0.5, 0.6) is 0 Å². The van der Waals surface area contributed by atoms with Gasteiger partial charge < -0.3 is 14.5 Å². The van der Waals surface area contributed by atoms with E-state index in [0.29, 0.717) is 23.6 Å². The zero-order valence-corrected chi connectivity index (χ0v) is 13.0. The molecule has 0 atom stereocenters. The number of aliphatic hydroxyl groups excluding tert-OH is 1. The van der Waals surface area contributed by atoms with Crippen molar-refractivity contribution < 1.29 is 14.4 Å². The lowest BCUT2D eigenvalue weighted by molar-refractivity contribution is 0.0784. The van der Waals surface area contributed by atoms with Gasteiger partial charge in [-0.25, -0.2) is 0 Å². The number of nitrogens with zero attached hydrogens (tertiary/aromatic N) is 2. The summed E-state index contributed by atoms with van der Waals surface area (Å²) in [5.74, 6) is 5.87. The molecule has 0 radical (unpaired) electrons. The van der Waals surface area contributed by atoms with E-state index in [1.54, 1.807) is 25.8 Å². The summed E-state index contributed by atoms with van der Waals surface area (Å²) >= 11 is 1.53. The lowest BCUT2D eigenvalue weighted by Gasteiger charge is -2.15. The molecule has 6 heteroatoms. The number of aromatic nitrogens is 1. The zero-order chi connectivity index (χ0) is 15.4. The molecule has 0 spiro atoms. The van der Waals surface area contributed by atoms with E-state index in [1.807, 2.05) is 11.4 Å². The summed E-state index contributed by atoms with van der Waals surface area (Å²) in [5, 5.41) is 14.4. The summed E-state index contributed by atoms with van der Waals surface area (Å²) in [5.41, 5.74) is 1.97. The van der Waals surface area contributed by atoms with Gasteiger partial charge in [-0.2, -0.15) is 0 Å². The van der Waals surface area contributed by atoms with Crippen molar-refractivity contribution in [3.05, 3.63) is 38.9 Å². The Labute approximate surface area is 127 Å². The Morgan fingerprint density at radius 3 is 2.90 bits per heavy atom. The highest BCUT2D eigenvalue weighted by molar-refractivity contribution is 7.10. The third-order valence-electron chi connectivity index (χ3n) is 2.95. The van der Waals surface area contributed by atoms with Gasteiger partial charge in [-0.15, -0.1) is 11.3 Å². The topological polar surface area (TPSA) is 66.6 Å². The van der Waals surface area contributed by atoms with Gasteiger partial charge in [0.25, 0.3) is 5.91 Å². The van der Waals surface area contributed by atoms with Crippen LogP contribution in [0, 0.1) is 25.7 Å². The van der Waals surface area contributed by atoms with E-state index in [-0.39, 0.29) is 12.5 Å². The number of amides is 1. The second-order valence-electron chi connectivity index (χ2n) is 4.62. The van der Waals surface area contributed by atoms with Crippen LogP contribution in [0.1, 0.15) is 32.3 Å². The molecule has 0 saturated heterocycles. The lowest BCUT2D eigenvalue weighted by Crippen LogP contribution is -2.26. The summed E-state index contributed by atoms with van der Waals surface area (Å²) < 4.78 is 5.03. The highest BCUT2D eigenvalue weighted by Gasteiger charge is 2.21. The summed E-state index contributed by atoms with van der Waals surface area (Å²) in [6.07, 6.45) is 0. The van der Waals surface area contributed by atoms with Gasteiger partial charge in [-0.3, -0.25) is 4.79 Å². The van der Waals surface area contributed by atoms with E-state index in [4.69, 9.17) is 9.63 Å². The quantitative estimate of drug-likeness (QED) is 0.880. The predicted octanol–water partition coefficient (Wildman–Crippen LogP) is 1.97. The molecule has 5 nitrogen and oxygen atoms in total. The first-order valence-corrected chi connectivity index (χ1v) is 7.26. The van der Waals surface area contributed by atoms with Crippen LogP contribution in [-0.2, 0) is 6.54 Å². The molecule has 0 aliphatic rings. The molecule has 0 bridgehead atoms. The van der Waals surface area contributed by atoms with Crippen molar-refractivity contribution in [2.75, 3.05) is 13.7 Å². The molecule has 0 aliphatic carbocycles. The van der Waals surface area contributed by atoms with Gasteiger partial charge in [0.1, 0.15) is 17.9 Å². The number of thiophene rings is 1. The molecule has 2 aromatic rings. The molecule has 0 saturated carbocycles. The molecule has 0 fully saturated rings. The first-order valence-electron chi connectivity index (χ1n) is 6.38. The fraction of sp³-hybridized carbons (Fsp3) is 0.333. The third-order valence-corrected chi connectivity index (χ3v) is 3.87. The number of carbonyl (C=O) groups is 1. The van der Waals surface area contributed by atoms with Crippen molar-refractivity contribution in [1.29, 1.82) is 0 Å². The van der Waals surface area contributed by atoms with Gasteiger partial charge >= 0.3 is 0 Å². The summed E-state index contributed by atoms with van der Waals surface area (Å²) in [4.78, 5) is 15.1. The minimum atomic E-state index is -0.157. The van der Waals surface area contributed by atoms with Gasteiger partial charge in [0, 0.05) is 22.9 Å². The van der Waals surface area contributed by atoms with Crippen LogP contribution in [0.4, 0.5) is 0 Å². The van der Waals surface area contributed by atoms with Crippen molar-refractivity contribution in [3.63, 3.8) is 0 Å². The maximum absolute atomic E-state index is 12.4. The molecule has 21 heavy (non-hydrogen) atoms. The Morgan fingerprint density at radius 2 is 2.29 bits per heavy atom. The number of hydrogen-bond acceptors (Lipinski definition) is 5. The Kier molecular flexibility index (Phi) is 4.78. The molecule has 2 aromatic heterocycles. The molecule has 110 valence electrons. The molecule has 2 rings (SSSR count). The number of carbonyl (C=O) groups excluding carboxylic acids is 1. The number of aliphatic hydroxyl groups is 1. The first-order chi connectivity index (χ1) is 10.0. The van der Waals surface area contributed by atoms with Crippen LogP contribution in [0.3, 0.4) is 0 Å². The number of aryl methyl sites for hydroxylation is 2. The number of hydrogen-bond donors (Lipinski definition) is 1. The first kappa shape index (κ1) is 15.3. The second kappa shape index (κ2) is 6.57. The fourth-order valence-corrected chi connectivity index (χ4v) is 2.82. The standard InChI is InChI=1S/C15H16N2O3S/c1-10-14(11(2)20-16-10)15(19)17(3)8-13-7-12(9-21-13)5-4-6-18/h7,9,18H,6,8H2,1-3H3. The van der Waals surface area contributed by atoms with Crippen LogP contribution in [0.25, 0.3) is 0 Å². The van der Waals surface area contributed by atoms with Crippen LogP contribution >= 0.6 is 11.3 Å². The van der Waals surface area contributed by atoms with Crippen molar-refractivity contribution >= 4 is 17.2 Å². The Balaban J connectivity index is 2.09. The maximum Gasteiger partial charge on any atom is 0.259 e. The van der Waals surface area contributed by atoms with Gasteiger partial charge in [-0.1, -0.05) is 17.0 Å². The Bertz CT molecular complexity index is 687. The van der Waals surface area contributed by atoms with Gasteiger partial charge in [0.05, 0.1) is 12.2 Å². The summed E-state index contributed by atoms with van der Waals surface area (Å²) in [6.45, 7) is 3.82. The van der Waals surface area contributed by atoms with Gasteiger partial charge in [-0.05, 0) is 19.9 Å². The van der Waals surface area contributed by atoms with Crippen LogP contribution in [0.2, 0.25) is 0 Å².